The number of benzene rings is 2. The molecule has 1 aromatic heterocycles. The van der Waals surface area contributed by atoms with Crippen molar-refractivity contribution in [2.24, 2.45) is 10.8 Å². The highest BCUT2D eigenvalue weighted by Crippen LogP contribution is 2.27. The van der Waals surface area contributed by atoms with Crippen LogP contribution in [0.25, 0.3) is 5.69 Å². The Bertz CT molecular complexity index is 903. The van der Waals surface area contributed by atoms with Crippen molar-refractivity contribution in [2.45, 2.75) is 53.9 Å². The molecule has 0 aliphatic carbocycles. The third kappa shape index (κ3) is 5.47. The Balaban J connectivity index is 1.75. The van der Waals surface area contributed by atoms with Crippen LogP contribution in [0.5, 0.6) is 0 Å². The minimum absolute atomic E-state index is 0.0591. The Kier molecular flexibility index (Phi) is 5.64. The molecule has 0 aliphatic rings. The summed E-state index contributed by atoms with van der Waals surface area (Å²) in [4.78, 5) is 0. The van der Waals surface area contributed by atoms with Gasteiger partial charge in [-0.1, -0.05) is 58.9 Å². The summed E-state index contributed by atoms with van der Waals surface area (Å²) in [7, 11) is 0. The van der Waals surface area contributed by atoms with Crippen LogP contribution in [0.1, 0.15) is 51.6 Å². The number of halogens is 1. The van der Waals surface area contributed by atoms with Crippen LogP contribution in [0.4, 0.5) is 4.39 Å². The zero-order chi connectivity index (χ0) is 20.4. The zero-order valence-corrected chi connectivity index (χ0v) is 17.4. The molecular weight excluding hydrogens is 351 g/mol. The van der Waals surface area contributed by atoms with E-state index in [0.29, 0.717) is 0 Å². The van der Waals surface area contributed by atoms with Crippen LogP contribution >= 0.6 is 0 Å². The van der Waals surface area contributed by atoms with E-state index >= 15 is 0 Å². The molecule has 0 bridgehead atoms. The Labute approximate surface area is 166 Å². The predicted octanol–water partition coefficient (Wildman–Crippen LogP) is 5.20. The van der Waals surface area contributed by atoms with Gasteiger partial charge in [0.1, 0.15) is 5.82 Å². The molecule has 0 aliphatic heterocycles. The Morgan fingerprint density at radius 1 is 0.786 bits per heavy atom. The fourth-order valence-corrected chi connectivity index (χ4v) is 3.53. The molecule has 1 heterocycles. The van der Waals surface area contributed by atoms with Crippen molar-refractivity contribution in [3.63, 3.8) is 0 Å². The molecule has 0 N–H and O–H groups in total. The molecule has 3 aromatic rings. The van der Waals surface area contributed by atoms with Gasteiger partial charge in [0, 0.05) is 6.42 Å². The van der Waals surface area contributed by atoms with Crippen LogP contribution in [-0.4, -0.2) is 20.2 Å². The van der Waals surface area contributed by atoms with Crippen LogP contribution in [0, 0.1) is 16.6 Å². The van der Waals surface area contributed by atoms with E-state index < -0.39 is 0 Å². The standard InChI is InChI=1S/C23H29FN4/c1-22(2,3)14-17-8-12-20(13-9-17)28-21(25-26-27-28)16-23(4,5)15-18-6-10-19(24)11-7-18/h6-13H,14-16H2,1-5H3. The van der Waals surface area contributed by atoms with Gasteiger partial charge in [0.25, 0.3) is 0 Å². The summed E-state index contributed by atoms with van der Waals surface area (Å²) in [6, 6.07) is 15.2. The number of tetrazole rings is 1. The third-order valence-corrected chi connectivity index (χ3v) is 4.68. The van der Waals surface area contributed by atoms with Gasteiger partial charge in [0.05, 0.1) is 5.69 Å². The number of hydrogen-bond acceptors (Lipinski definition) is 3. The van der Waals surface area contributed by atoms with Gasteiger partial charge in [-0.05, 0) is 69.5 Å². The second-order valence-corrected chi connectivity index (χ2v) is 9.56. The zero-order valence-electron chi connectivity index (χ0n) is 17.4. The van der Waals surface area contributed by atoms with Crippen molar-refractivity contribution in [3.8, 4) is 5.69 Å². The lowest BCUT2D eigenvalue weighted by Crippen LogP contribution is -2.21. The molecule has 0 saturated heterocycles. The largest absolute Gasteiger partial charge is 0.207 e. The van der Waals surface area contributed by atoms with Gasteiger partial charge >= 0.3 is 0 Å². The number of nitrogens with zero attached hydrogens (tertiary/aromatic N) is 4. The molecular formula is C23H29FN4. The molecule has 0 amide bonds. The van der Waals surface area contributed by atoms with Crippen molar-refractivity contribution in [2.75, 3.05) is 0 Å². The van der Waals surface area contributed by atoms with Gasteiger partial charge in [0.15, 0.2) is 5.82 Å². The average Bonchev–Trinajstić information content (AvgIpc) is 3.03. The van der Waals surface area contributed by atoms with Gasteiger partial charge in [-0.2, -0.15) is 4.68 Å². The lowest BCUT2D eigenvalue weighted by molar-refractivity contribution is 0.349. The molecule has 148 valence electrons. The maximum Gasteiger partial charge on any atom is 0.157 e. The molecule has 28 heavy (non-hydrogen) atoms. The molecule has 0 radical (unpaired) electrons. The van der Waals surface area contributed by atoms with Crippen molar-refractivity contribution >= 4 is 0 Å². The summed E-state index contributed by atoms with van der Waals surface area (Å²) < 4.78 is 15.0. The summed E-state index contributed by atoms with van der Waals surface area (Å²) in [6.07, 6.45) is 2.58. The van der Waals surface area contributed by atoms with Gasteiger partial charge in [-0.15, -0.1) is 5.10 Å². The van der Waals surface area contributed by atoms with E-state index in [1.807, 2.05) is 16.8 Å². The first kappa shape index (κ1) is 20.2. The van der Waals surface area contributed by atoms with E-state index in [1.54, 1.807) is 0 Å². The second-order valence-electron chi connectivity index (χ2n) is 9.56. The first-order valence-corrected chi connectivity index (χ1v) is 9.72. The molecule has 0 unspecified atom stereocenters. The second kappa shape index (κ2) is 7.82. The van der Waals surface area contributed by atoms with Gasteiger partial charge in [-0.3, -0.25) is 0 Å². The highest BCUT2D eigenvalue weighted by atomic mass is 19.1. The minimum Gasteiger partial charge on any atom is -0.207 e. The maximum atomic E-state index is 13.2. The number of aromatic nitrogens is 4. The minimum atomic E-state index is -0.208. The van der Waals surface area contributed by atoms with Crippen LogP contribution in [0.15, 0.2) is 48.5 Å². The Morgan fingerprint density at radius 3 is 1.96 bits per heavy atom. The molecule has 5 heteroatoms. The summed E-state index contributed by atoms with van der Waals surface area (Å²) >= 11 is 0. The summed E-state index contributed by atoms with van der Waals surface area (Å²) in [6.45, 7) is 11.1. The van der Waals surface area contributed by atoms with Gasteiger partial charge in [0.2, 0.25) is 0 Å². The van der Waals surface area contributed by atoms with Crippen LogP contribution in [0.2, 0.25) is 0 Å². The number of rotatable bonds is 6. The highest BCUT2D eigenvalue weighted by Gasteiger charge is 2.23. The monoisotopic (exact) mass is 380 g/mol. The Morgan fingerprint density at radius 2 is 1.36 bits per heavy atom. The van der Waals surface area contributed by atoms with E-state index in [4.69, 9.17) is 0 Å². The van der Waals surface area contributed by atoms with E-state index in [-0.39, 0.29) is 16.6 Å². The van der Waals surface area contributed by atoms with Crippen molar-refractivity contribution in [3.05, 3.63) is 71.3 Å². The smallest absolute Gasteiger partial charge is 0.157 e. The van der Waals surface area contributed by atoms with Crippen LogP contribution in [0.3, 0.4) is 0 Å². The first-order chi connectivity index (χ1) is 13.1. The highest BCUT2D eigenvalue weighted by molar-refractivity contribution is 5.34. The average molecular weight is 381 g/mol. The summed E-state index contributed by atoms with van der Waals surface area (Å²) in [5.41, 5.74) is 3.58. The first-order valence-electron chi connectivity index (χ1n) is 9.72. The SMILES string of the molecule is CC(C)(C)Cc1ccc(-n2nnnc2CC(C)(C)Cc2ccc(F)cc2)cc1. The summed E-state index contributed by atoms with van der Waals surface area (Å²) in [5, 5.41) is 12.4. The van der Waals surface area contributed by atoms with E-state index in [9.17, 15) is 4.39 Å². The topological polar surface area (TPSA) is 43.6 Å². The van der Waals surface area contributed by atoms with E-state index in [0.717, 1.165) is 36.3 Å². The van der Waals surface area contributed by atoms with E-state index in [2.05, 4.69) is 74.4 Å². The molecule has 0 spiro atoms. The van der Waals surface area contributed by atoms with Gasteiger partial charge < -0.3 is 0 Å². The molecule has 2 aromatic carbocycles. The van der Waals surface area contributed by atoms with Crippen molar-refractivity contribution in [1.29, 1.82) is 0 Å². The van der Waals surface area contributed by atoms with Crippen molar-refractivity contribution in [1.82, 2.24) is 20.2 Å². The maximum absolute atomic E-state index is 13.2. The predicted molar refractivity (Wildman–Crippen MR) is 110 cm³/mol. The van der Waals surface area contributed by atoms with Crippen LogP contribution in [-0.2, 0) is 19.3 Å². The van der Waals surface area contributed by atoms with Crippen molar-refractivity contribution < 1.29 is 4.39 Å². The Hall–Kier alpha value is -2.56. The van der Waals surface area contributed by atoms with E-state index in [1.165, 1.54) is 17.7 Å². The fourth-order valence-electron chi connectivity index (χ4n) is 3.53. The molecule has 3 rings (SSSR count). The van der Waals surface area contributed by atoms with Crippen LogP contribution < -0.4 is 0 Å². The fraction of sp³-hybridized carbons (Fsp3) is 0.435. The third-order valence-electron chi connectivity index (χ3n) is 4.68. The lowest BCUT2D eigenvalue weighted by Gasteiger charge is -2.24. The normalized spacial score (nSPS) is 12.4. The molecule has 4 nitrogen and oxygen atoms in total. The molecule has 0 saturated carbocycles. The lowest BCUT2D eigenvalue weighted by atomic mass is 9.82. The molecule has 0 fully saturated rings. The number of hydrogen-bond donors (Lipinski definition) is 0. The summed E-state index contributed by atoms with van der Waals surface area (Å²) in [5.74, 6) is 0.621. The molecule has 0 atom stereocenters. The quantitative estimate of drug-likeness (QED) is 0.590. The van der Waals surface area contributed by atoms with Gasteiger partial charge in [-0.25, -0.2) is 4.39 Å².